The molecule has 38 heavy (non-hydrogen) atoms. The number of fused-ring (bicyclic) bond motifs is 1. The Morgan fingerprint density at radius 2 is 1.87 bits per heavy atom. The van der Waals surface area contributed by atoms with Crippen LogP contribution in [0.2, 0.25) is 0 Å². The predicted molar refractivity (Wildman–Crippen MR) is 138 cm³/mol. The number of carbonyl (C=O) groups excluding carboxylic acids is 2. The molecule has 1 aromatic heterocycles. The summed E-state index contributed by atoms with van der Waals surface area (Å²) in [6, 6.07) is 13.9. The van der Waals surface area contributed by atoms with Crippen molar-refractivity contribution in [3.63, 3.8) is 0 Å². The van der Waals surface area contributed by atoms with E-state index in [0.29, 0.717) is 67.3 Å². The molecule has 1 saturated heterocycles. The van der Waals surface area contributed by atoms with Crippen LogP contribution in [0.4, 0.5) is 11.6 Å². The predicted octanol–water partition coefficient (Wildman–Crippen LogP) is 2.24. The number of hydrogen-bond donors (Lipinski definition) is 2. The first-order valence-corrected chi connectivity index (χ1v) is 12.4. The molecule has 2 aliphatic rings. The van der Waals surface area contributed by atoms with E-state index in [1.54, 1.807) is 33.8 Å². The van der Waals surface area contributed by atoms with Crippen molar-refractivity contribution in [3.05, 3.63) is 65.4 Å². The molecule has 1 atom stereocenters. The highest BCUT2D eigenvalue weighted by atomic mass is 16.5. The quantitative estimate of drug-likeness (QED) is 0.460. The summed E-state index contributed by atoms with van der Waals surface area (Å²) >= 11 is 0. The SMILES string of the molecule is CCOc1ccccc1NC(=O)C1=C(C)Nc2nnnn2C1c1ccc(OCC(=O)N2CCOCC2)cc1. The van der Waals surface area contributed by atoms with E-state index in [4.69, 9.17) is 14.2 Å². The topological polar surface area (TPSA) is 133 Å². The van der Waals surface area contributed by atoms with Gasteiger partial charge >= 0.3 is 0 Å². The number of amides is 2. The van der Waals surface area contributed by atoms with E-state index >= 15 is 0 Å². The number of nitrogens with one attached hydrogen (secondary N) is 2. The maximum absolute atomic E-state index is 13.6. The van der Waals surface area contributed by atoms with E-state index in [0.717, 1.165) is 5.56 Å². The molecular formula is C26H29N7O5. The molecule has 2 aromatic carbocycles. The lowest BCUT2D eigenvalue weighted by molar-refractivity contribution is -0.137. The summed E-state index contributed by atoms with van der Waals surface area (Å²) in [6.45, 7) is 6.31. The van der Waals surface area contributed by atoms with Crippen molar-refractivity contribution < 1.29 is 23.8 Å². The summed E-state index contributed by atoms with van der Waals surface area (Å²) in [7, 11) is 0. The third-order valence-electron chi connectivity index (χ3n) is 6.32. The third kappa shape index (κ3) is 5.30. The highest BCUT2D eigenvalue weighted by Gasteiger charge is 2.34. The molecule has 2 aliphatic heterocycles. The monoisotopic (exact) mass is 519 g/mol. The standard InChI is InChI=1S/C26H29N7O5/c1-3-37-21-7-5-4-6-20(21)28-25(35)23-17(2)27-26-29-30-31-33(26)24(23)18-8-10-19(11-9-18)38-16-22(34)32-12-14-36-15-13-32/h4-11,24H,3,12-16H2,1-2H3,(H,28,35)(H,27,29,31). The van der Waals surface area contributed by atoms with E-state index in [2.05, 4.69) is 26.2 Å². The summed E-state index contributed by atoms with van der Waals surface area (Å²) in [5.74, 6) is 1.15. The van der Waals surface area contributed by atoms with Crippen molar-refractivity contribution in [2.45, 2.75) is 19.9 Å². The van der Waals surface area contributed by atoms with E-state index in [1.165, 1.54) is 0 Å². The number of para-hydroxylation sites is 2. The lowest BCUT2D eigenvalue weighted by Crippen LogP contribution is -2.42. The number of tetrazole rings is 1. The Labute approximate surface area is 219 Å². The second-order valence-corrected chi connectivity index (χ2v) is 8.75. The Morgan fingerprint density at radius 3 is 2.63 bits per heavy atom. The molecule has 3 heterocycles. The zero-order chi connectivity index (χ0) is 26.5. The van der Waals surface area contributed by atoms with Gasteiger partial charge in [-0.1, -0.05) is 29.4 Å². The molecule has 12 heteroatoms. The van der Waals surface area contributed by atoms with Gasteiger partial charge < -0.3 is 29.7 Å². The molecule has 0 aliphatic carbocycles. The van der Waals surface area contributed by atoms with E-state index in [1.807, 2.05) is 38.1 Å². The van der Waals surface area contributed by atoms with Crippen LogP contribution in [0, 0.1) is 0 Å². The Morgan fingerprint density at radius 1 is 1.11 bits per heavy atom. The number of hydrogen-bond acceptors (Lipinski definition) is 9. The Balaban J connectivity index is 1.36. The highest BCUT2D eigenvalue weighted by Crippen LogP contribution is 2.36. The summed E-state index contributed by atoms with van der Waals surface area (Å²) in [5.41, 5.74) is 2.41. The fourth-order valence-electron chi connectivity index (χ4n) is 4.45. The molecule has 3 aromatic rings. The van der Waals surface area contributed by atoms with Crippen LogP contribution in [0.1, 0.15) is 25.5 Å². The number of carbonyl (C=O) groups is 2. The maximum Gasteiger partial charge on any atom is 0.260 e. The third-order valence-corrected chi connectivity index (χ3v) is 6.32. The van der Waals surface area contributed by atoms with Gasteiger partial charge in [-0.3, -0.25) is 9.59 Å². The van der Waals surface area contributed by atoms with Crippen LogP contribution in [0.15, 0.2) is 59.8 Å². The molecule has 2 amide bonds. The zero-order valence-corrected chi connectivity index (χ0v) is 21.2. The van der Waals surface area contributed by atoms with Crippen LogP contribution < -0.4 is 20.1 Å². The molecule has 0 saturated carbocycles. The second kappa shape index (κ2) is 11.3. The molecule has 1 fully saturated rings. The minimum absolute atomic E-state index is 0.0598. The number of morpholine rings is 1. The van der Waals surface area contributed by atoms with Crippen molar-refractivity contribution in [1.29, 1.82) is 0 Å². The number of allylic oxidation sites excluding steroid dienone is 1. The number of rotatable bonds is 8. The molecule has 1 unspecified atom stereocenters. The molecule has 0 spiro atoms. The highest BCUT2D eigenvalue weighted by molar-refractivity contribution is 6.06. The fraction of sp³-hybridized carbons (Fsp3) is 0.346. The van der Waals surface area contributed by atoms with Crippen molar-refractivity contribution in [2.75, 3.05) is 50.2 Å². The van der Waals surface area contributed by atoms with Crippen molar-refractivity contribution in [1.82, 2.24) is 25.1 Å². The van der Waals surface area contributed by atoms with E-state index in [9.17, 15) is 9.59 Å². The number of nitrogens with zero attached hydrogens (tertiary/aromatic N) is 5. The van der Waals surface area contributed by atoms with Gasteiger partial charge in [0.15, 0.2) is 6.61 Å². The lowest BCUT2D eigenvalue weighted by atomic mass is 9.95. The van der Waals surface area contributed by atoms with Crippen LogP contribution in [0.3, 0.4) is 0 Å². The second-order valence-electron chi connectivity index (χ2n) is 8.75. The smallest absolute Gasteiger partial charge is 0.260 e. The van der Waals surface area contributed by atoms with Gasteiger partial charge in [0, 0.05) is 18.8 Å². The van der Waals surface area contributed by atoms with Gasteiger partial charge in [-0.25, -0.2) is 0 Å². The average Bonchev–Trinajstić information content (AvgIpc) is 3.41. The van der Waals surface area contributed by atoms with Gasteiger partial charge in [0.05, 0.1) is 31.1 Å². The molecule has 0 radical (unpaired) electrons. The van der Waals surface area contributed by atoms with Gasteiger partial charge in [-0.15, -0.1) is 0 Å². The van der Waals surface area contributed by atoms with Crippen molar-refractivity contribution >= 4 is 23.5 Å². The number of aromatic nitrogens is 4. The normalized spacial score (nSPS) is 16.9. The molecule has 2 N–H and O–H groups in total. The van der Waals surface area contributed by atoms with Crippen LogP contribution in [-0.2, 0) is 14.3 Å². The van der Waals surface area contributed by atoms with Crippen LogP contribution in [0.5, 0.6) is 11.5 Å². The summed E-state index contributed by atoms with van der Waals surface area (Å²) in [5, 5.41) is 18.0. The van der Waals surface area contributed by atoms with Crippen LogP contribution >= 0.6 is 0 Å². The number of benzene rings is 2. The molecule has 12 nitrogen and oxygen atoms in total. The Hall–Kier alpha value is -4.45. The summed E-state index contributed by atoms with van der Waals surface area (Å²) < 4.78 is 18.3. The van der Waals surface area contributed by atoms with Gasteiger partial charge in [0.25, 0.3) is 11.8 Å². The molecule has 198 valence electrons. The van der Waals surface area contributed by atoms with Crippen LogP contribution in [0.25, 0.3) is 0 Å². The summed E-state index contributed by atoms with van der Waals surface area (Å²) in [6.07, 6.45) is 0. The van der Waals surface area contributed by atoms with Gasteiger partial charge in [-0.2, -0.15) is 4.68 Å². The first-order chi connectivity index (χ1) is 18.5. The van der Waals surface area contributed by atoms with Crippen molar-refractivity contribution in [2.24, 2.45) is 0 Å². The summed E-state index contributed by atoms with van der Waals surface area (Å²) in [4.78, 5) is 27.8. The van der Waals surface area contributed by atoms with Gasteiger partial charge in [0.2, 0.25) is 5.95 Å². The lowest BCUT2D eigenvalue weighted by Gasteiger charge is -2.28. The first kappa shape index (κ1) is 25.2. The fourth-order valence-corrected chi connectivity index (χ4v) is 4.45. The van der Waals surface area contributed by atoms with Gasteiger partial charge in [0.1, 0.15) is 17.5 Å². The average molecular weight is 520 g/mol. The zero-order valence-electron chi connectivity index (χ0n) is 21.2. The van der Waals surface area contributed by atoms with E-state index < -0.39 is 6.04 Å². The van der Waals surface area contributed by atoms with Crippen molar-refractivity contribution in [3.8, 4) is 11.5 Å². The van der Waals surface area contributed by atoms with E-state index in [-0.39, 0.29) is 18.4 Å². The Kier molecular flexibility index (Phi) is 7.50. The first-order valence-electron chi connectivity index (χ1n) is 12.4. The molecule has 0 bridgehead atoms. The van der Waals surface area contributed by atoms with Crippen LogP contribution in [-0.4, -0.2) is 76.4 Å². The Bertz CT molecular complexity index is 1330. The minimum atomic E-state index is -0.593. The number of anilines is 2. The van der Waals surface area contributed by atoms with Gasteiger partial charge in [-0.05, 0) is 54.1 Å². The minimum Gasteiger partial charge on any atom is -0.492 e. The number of ether oxygens (including phenoxy) is 3. The maximum atomic E-state index is 13.6. The largest absolute Gasteiger partial charge is 0.492 e. The molecule has 5 rings (SSSR count). The molecular weight excluding hydrogens is 490 g/mol.